The average Bonchev–Trinajstić information content (AvgIpc) is 3.03. The van der Waals surface area contributed by atoms with Crippen molar-refractivity contribution in [3.05, 3.63) is 59.2 Å². The van der Waals surface area contributed by atoms with Gasteiger partial charge in [-0.1, -0.05) is 29.8 Å². The number of aliphatic hydroxyl groups excluding tert-OH is 1. The number of rotatable bonds is 12. The summed E-state index contributed by atoms with van der Waals surface area (Å²) >= 11 is 4.02. The third-order valence-corrected chi connectivity index (χ3v) is 8.65. The first kappa shape index (κ1) is 31.4. The minimum absolute atomic E-state index is 0.122. The van der Waals surface area contributed by atoms with Gasteiger partial charge in [-0.05, 0) is 36.6 Å². The number of benzene rings is 2. The predicted molar refractivity (Wildman–Crippen MR) is 169 cm³/mol. The number of hydrogen-bond acceptors (Lipinski definition) is 11. The molecule has 2 saturated heterocycles. The number of methoxy groups -OCH3 is 1. The molecule has 2 aliphatic heterocycles. The second-order valence-electron chi connectivity index (χ2n) is 10.6. The van der Waals surface area contributed by atoms with Crippen LogP contribution in [0.3, 0.4) is 0 Å². The molecule has 43 heavy (non-hydrogen) atoms. The molecule has 2 fully saturated rings. The standard InChI is InChI=1S/C29H39ClN8O4S/c1-42-27-18-23(37-10-8-22(9-11-37)38-14-12-36(13-15-38)16-17-39)6-7-26(27)34-29-31-20-24(30)28(35-29)33-25-5-3-2-4-21(25)19-32-43(40)41/h2-7,18,20,22,32,39H,8-17,19H2,1H3,(H,40,41)(H2,31,33,34,35)/p-1. The maximum absolute atomic E-state index is 11.0. The van der Waals surface area contributed by atoms with Crippen molar-refractivity contribution in [1.29, 1.82) is 0 Å². The van der Waals surface area contributed by atoms with Crippen molar-refractivity contribution >= 4 is 51.7 Å². The van der Waals surface area contributed by atoms with Crippen LogP contribution in [0.15, 0.2) is 48.7 Å². The molecule has 0 radical (unpaired) electrons. The van der Waals surface area contributed by atoms with Gasteiger partial charge in [0, 0.05) is 87.1 Å². The number of hydrogen-bond donors (Lipinski definition) is 4. The Labute approximate surface area is 259 Å². The van der Waals surface area contributed by atoms with Gasteiger partial charge in [-0.2, -0.15) is 4.98 Å². The van der Waals surface area contributed by atoms with E-state index in [1.807, 2.05) is 36.4 Å². The monoisotopic (exact) mass is 629 g/mol. The van der Waals surface area contributed by atoms with Gasteiger partial charge in [0.2, 0.25) is 5.95 Å². The second-order valence-corrected chi connectivity index (χ2v) is 11.7. The van der Waals surface area contributed by atoms with Crippen molar-refractivity contribution in [2.24, 2.45) is 0 Å². The minimum atomic E-state index is -2.38. The van der Waals surface area contributed by atoms with E-state index >= 15 is 0 Å². The lowest BCUT2D eigenvalue weighted by Crippen LogP contribution is -2.53. The van der Waals surface area contributed by atoms with Crippen LogP contribution in [0.1, 0.15) is 18.4 Å². The minimum Gasteiger partial charge on any atom is -0.760 e. The zero-order valence-electron chi connectivity index (χ0n) is 24.2. The molecule has 0 bridgehead atoms. The van der Waals surface area contributed by atoms with Crippen LogP contribution in [0.2, 0.25) is 5.02 Å². The van der Waals surface area contributed by atoms with Gasteiger partial charge < -0.3 is 29.9 Å². The van der Waals surface area contributed by atoms with Crippen molar-refractivity contribution < 1.29 is 18.6 Å². The van der Waals surface area contributed by atoms with Crippen LogP contribution in [0.25, 0.3) is 0 Å². The van der Waals surface area contributed by atoms with Gasteiger partial charge in [0.05, 0.1) is 25.6 Å². The molecule has 0 spiro atoms. The Morgan fingerprint density at radius 2 is 1.84 bits per heavy atom. The topological polar surface area (TPSA) is 141 Å². The van der Waals surface area contributed by atoms with E-state index in [4.69, 9.17) is 16.3 Å². The molecule has 1 atom stereocenters. The average molecular weight is 630 g/mol. The van der Waals surface area contributed by atoms with Crippen LogP contribution in [0.4, 0.5) is 28.8 Å². The van der Waals surface area contributed by atoms with E-state index in [2.05, 4.69) is 46.1 Å². The van der Waals surface area contributed by atoms with Crippen molar-refractivity contribution in [3.8, 4) is 5.75 Å². The molecular weight excluding hydrogens is 592 g/mol. The van der Waals surface area contributed by atoms with Crippen LogP contribution in [0.5, 0.6) is 5.75 Å². The SMILES string of the molecule is COc1cc(N2CCC(N3CCN(CCO)CC3)CC2)ccc1Nc1ncc(Cl)c(Nc2ccccc2CNS(=O)[O-])n1. The molecule has 3 aromatic rings. The van der Waals surface area contributed by atoms with E-state index in [0.29, 0.717) is 34.3 Å². The molecule has 12 nitrogen and oxygen atoms in total. The molecule has 232 valence electrons. The third-order valence-electron chi connectivity index (χ3n) is 8.00. The summed E-state index contributed by atoms with van der Waals surface area (Å²) in [6.45, 7) is 7.26. The summed E-state index contributed by atoms with van der Waals surface area (Å²) in [7, 11) is 1.64. The lowest BCUT2D eigenvalue weighted by molar-refractivity contribution is 0.0747. The Hall–Kier alpha value is -3.04. The summed E-state index contributed by atoms with van der Waals surface area (Å²) in [5, 5.41) is 15.9. The van der Waals surface area contributed by atoms with Crippen molar-refractivity contribution in [3.63, 3.8) is 0 Å². The molecule has 2 aliphatic rings. The predicted octanol–water partition coefficient (Wildman–Crippen LogP) is 3.09. The molecule has 14 heteroatoms. The Morgan fingerprint density at radius 1 is 1.07 bits per heavy atom. The highest BCUT2D eigenvalue weighted by atomic mass is 35.5. The maximum atomic E-state index is 11.0. The summed E-state index contributed by atoms with van der Waals surface area (Å²) in [4.78, 5) is 16.2. The van der Waals surface area contributed by atoms with Gasteiger partial charge in [0.15, 0.2) is 5.82 Å². The zero-order chi connectivity index (χ0) is 30.2. The molecule has 5 rings (SSSR count). The van der Waals surface area contributed by atoms with Crippen LogP contribution in [-0.4, -0.2) is 99.2 Å². The number of piperidine rings is 1. The number of nitrogens with zero attached hydrogens (tertiary/aromatic N) is 5. The van der Waals surface area contributed by atoms with Crippen LogP contribution >= 0.6 is 11.6 Å². The molecule has 1 aromatic heterocycles. The van der Waals surface area contributed by atoms with Gasteiger partial charge in [-0.15, -0.1) is 0 Å². The van der Waals surface area contributed by atoms with Gasteiger partial charge in [-0.25, -0.2) is 9.71 Å². The van der Waals surface area contributed by atoms with Crippen LogP contribution < -0.4 is 25.0 Å². The van der Waals surface area contributed by atoms with E-state index in [1.165, 1.54) is 6.20 Å². The number of halogens is 1. The van der Waals surface area contributed by atoms with Gasteiger partial charge in [0.25, 0.3) is 0 Å². The third kappa shape index (κ3) is 8.32. The second kappa shape index (κ2) is 15.1. The first-order valence-electron chi connectivity index (χ1n) is 14.4. The van der Waals surface area contributed by atoms with Crippen LogP contribution in [-0.2, 0) is 17.8 Å². The molecule has 4 N–H and O–H groups in total. The Morgan fingerprint density at radius 3 is 2.56 bits per heavy atom. The highest BCUT2D eigenvalue weighted by molar-refractivity contribution is 7.77. The Bertz CT molecular complexity index is 1390. The van der Waals surface area contributed by atoms with Crippen molar-refractivity contribution in [2.45, 2.75) is 25.4 Å². The van der Waals surface area contributed by atoms with E-state index in [0.717, 1.165) is 75.6 Å². The van der Waals surface area contributed by atoms with E-state index in [9.17, 15) is 13.9 Å². The fourth-order valence-electron chi connectivity index (χ4n) is 5.66. The molecule has 2 aromatic carbocycles. The fourth-order valence-corrected chi connectivity index (χ4v) is 6.07. The zero-order valence-corrected chi connectivity index (χ0v) is 25.7. The number of nitrogens with one attached hydrogen (secondary N) is 3. The number of aromatic nitrogens is 2. The van der Waals surface area contributed by atoms with Gasteiger partial charge >= 0.3 is 0 Å². The van der Waals surface area contributed by atoms with Gasteiger partial charge in [-0.3, -0.25) is 14.0 Å². The summed E-state index contributed by atoms with van der Waals surface area (Å²) in [5.41, 5.74) is 3.23. The van der Waals surface area contributed by atoms with Crippen molar-refractivity contribution in [2.75, 3.05) is 75.1 Å². The fraction of sp³-hybridized carbons (Fsp3) is 0.448. The van der Waals surface area contributed by atoms with Crippen molar-refractivity contribution in [1.82, 2.24) is 24.5 Å². The highest BCUT2D eigenvalue weighted by Crippen LogP contribution is 2.34. The summed E-state index contributed by atoms with van der Waals surface area (Å²) in [6, 6.07) is 14.0. The largest absolute Gasteiger partial charge is 0.760 e. The lowest BCUT2D eigenvalue weighted by Gasteiger charge is -2.43. The summed E-state index contributed by atoms with van der Waals surface area (Å²) < 4.78 is 30.1. The first-order valence-corrected chi connectivity index (χ1v) is 15.9. The lowest BCUT2D eigenvalue weighted by atomic mass is 10.0. The highest BCUT2D eigenvalue weighted by Gasteiger charge is 2.27. The Balaban J connectivity index is 1.22. The number of piperazine rings is 1. The quantitative estimate of drug-likeness (QED) is 0.220. The number of aliphatic hydroxyl groups is 1. The van der Waals surface area contributed by atoms with E-state index in [1.54, 1.807) is 7.11 Å². The smallest absolute Gasteiger partial charge is 0.229 e. The van der Waals surface area contributed by atoms with E-state index in [-0.39, 0.29) is 13.2 Å². The number of ether oxygens (including phenoxy) is 1. The molecule has 1 unspecified atom stereocenters. The first-order chi connectivity index (χ1) is 20.9. The summed E-state index contributed by atoms with van der Waals surface area (Å²) in [6.07, 6.45) is 3.74. The molecule has 3 heterocycles. The molecule has 0 aliphatic carbocycles. The Kier molecular flexibility index (Phi) is 11.0. The number of para-hydroxylation sites is 1. The normalized spacial score (nSPS) is 17.5. The van der Waals surface area contributed by atoms with Crippen LogP contribution in [0, 0.1) is 0 Å². The maximum Gasteiger partial charge on any atom is 0.229 e. The number of anilines is 5. The molecule has 0 saturated carbocycles. The van der Waals surface area contributed by atoms with E-state index < -0.39 is 11.3 Å². The molecular formula is C29H38ClN8O4S-. The molecule has 0 amide bonds. The number of β-amino-alcohol motifs (C(OH)–C–C–N with tert-alkyl or cyclic N) is 1. The van der Waals surface area contributed by atoms with Gasteiger partial charge in [0.1, 0.15) is 10.8 Å². The summed E-state index contributed by atoms with van der Waals surface area (Å²) in [5.74, 6) is 1.38.